The average Bonchev–Trinajstić information content (AvgIpc) is 2.25. The van der Waals surface area contributed by atoms with E-state index in [9.17, 15) is 9.59 Å². The molecule has 19 heavy (non-hydrogen) atoms. The highest BCUT2D eigenvalue weighted by atomic mass is 16.6. The lowest BCUT2D eigenvalue weighted by molar-refractivity contribution is -0.137. The number of rotatable bonds is 6. The fraction of sp³-hybridized carbons (Fsp3) is 0.571. The normalized spacial score (nSPS) is 11.8. The van der Waals surface area contributed by atoms with Crippen molar-refractivity contribution in [1.29, 1.82) is 0 Å². The Morgan fingerprint density at radius 1 is 1.21 bits per heavy atom. The number of hydrogen-bond acceptors (Lipinski definition) is 4. The zero-order valence-corrected chi connectivity index (χ0v) is 12.1. The summed E-state index contributed by atoms with van der Waals surface area (Å²) in [6.07, 6.45) is 6.75. The van der Waals surface area contributed by atoms with Gasteiger partial charge in [-0.25, -0.2) is 9.59 Å². The molecule has 0 aromatic rings. The monoisotopic (exact) mass is 269 g/mol. The molecule has 0 aromatic heterocycles. The number of hydrogen-bond donors (Lipinski definition) is 1. The van der Waals surface area contributed by atoms with Gasteiger partial charge in [0.25, 0.3) is 0 Å². The van der Waals surface area contributed by atoms with Crippen molar-refractivity contribution < 1.29 is 19.1 Å². The van der Waals surface area contributed by atoms with Crippen molar-refractivity contribution in [2.45, 2.75) is 39.7 Å². The molecule has 1 amide bonds. The topological polar surface area (TPSA) is 64.6 Å². The molecule has 0 aliphatic carbocycles. The predicted molar refractivity (Wildman–Crippen MR) is 73.8 cm³/mol. The molecule has 108 valence electrons. The van der Waals surface area contributed by atoms with Crippen LogP contribution in [0.15, 0.2) is 24.3 Å². The van der Waals surface area contributed by atoms with E-state index >= 15 is 0 Å². The summed E-state index contributed by atoms with van der Waals surface area (Å²) in [6, 6.07) is 0. The van der Waals surface area contributed by atoms with Gasteiger partial charge in [-0.3, -0.25) is 0 Å². The highest BCUT2D eigenvalue weighted by Gasteiger charge is 2.14. The van der Waals surface area contributed by atoms with Gasteiger partial charge in [-0.2, -0.15) is 0 Å². The van der Waals surface area contributed by atoms with E-state index in [0.717, 1.165) is 0 Å². The van der Waals surface area contributed by atoms with Gasteiger partial charge in [-0.05, 0) is 34.1 Å². The van der Waals surface area contributed by atoms with Crippen LogP contribution in [0.4, 0.5) is 4.79 Å². The second-order valence-electron chi connectivity index (χ2n) is 4.76. The smallest absolute Gasteiger partial charge is 0.407 e. The molecule has 0 spiro atoms. The quantitative estimate of drug-likeness (QED) is 0.348. The Morgan fingerprint density at radius 3 is 2.47 bits per heavy atom. The van der Waals surface area contributed by atoms with E-state index in [0.29, 0.717) is 19.6 Å². The molecule has 0 unspecified atom stereocenters. The van der Waals surface area contributed by atoms with Crippen LogP contribution >= 0.6 is 0 Å². The number of esters is 1. The van der Waals surface area contributed by atoms with E-state index < -0.39 is 11.7 Å². The minimum absolute atomic E-state index is 0.362. The third-order valence-corrected chi connectivity index (χ3v) is 1.75. The van der Waals surface area contributed by atoms with Crippen molar-refractivity contribution in [3.05, 3.63) is 24.3 Å². The fourth-order valence-corrected chi connectivity index (χ4v) is 1.07. The van der Waals surface area contributed by atoms with E-state index in [4.69, 9.17) is 9.47 Å². The van der Waals surface area contributed by atoms with Crippen molar-refractivity contribution in [3.63, 3.8) is 0 Å². The van der Waals surface area contributed by atoms with Gasteiger partial charge >= 0.3 is 12.1 Å². The minimum atomic E-state index is -0.484. The molecule has 5 nitrogen and oxygen atoms in total. The summed E-state index contributed by atoms with van der Waals surface area (Å²) >= 11 is 0. The van der Waals surface area contributed by atoms with Gasteiger partial charge in [0.2, 0.25) is 0 Å². The molecule has 0 fully saturated rings. The summed E-state index contributed by atoms with van der Waals surface area (Å²) < 4.78 is 9.79. The van der Waals surface area contributed by atoms with Crippen LogP contribution in [0.2, 0.25) is 0 Å². The first-order chi connectivity index (χ1) is 8.85. The van der Waals surface area contributed by atoms with E-state index in [1.54, 1.807) is 19.1 Å². The third kappa shape index (κ3) is 12.5. The standard InChI is InChI=1S/C14H23NO4/c1-5-18-12(16)10-8-6-7-9-11-15-13(17)19-14(2,3)4/h6-8,10H,5,9,11H2,1-4H3,(H,15,17). The summed E-state index contributed by atoms with van der Waals surface area (Å²) in [5.41, 5.74) is -0.484. The van der Waals surface area contributed by atoms with Crippen LogP contribution in [-0.2, 0) is 14.3 Å². The maximum Gasteiger partial charge on any atom is 0.407 e. The predicted octanol–water partition coefficient (Wildman–Crippen LogP) is 2.58. The first-order valence-electron chi connectivity index (χ1n) is 6.32. The molecule has 0 heterocycles. The van der Waals surface area contributed by atoms with Crippen molar-refractivity contribution in [1.82, 2.24) is 5.32 Å². The molecule has 0 saturated carbocycles. The molecule has 0 aliphatic heterocycles. The van der Waals surface area contributed by atoms with E-state index in [1.807, 2.05) is 26.8 Å². The maximum atomic E-state index is 11.3. The second-order valence-corrected chi connectivity index (χ2v) is 4.76. The molecular weight excluding hydrogens is 246 g/mol. The Balaban J connectivity index is 3.69. The van der Waals surface area contributed by atoms with Crippen LogP contribution in [-0.4, -0.2) is 30.8 Å². The van der Waals surface area contributed by atoms with Crippen LogP contribution in [0.5, 0.6) is 0 Å². The Morgan fingerprint density at radius 2 is 1.89 bits per heavy atom. The summed E-state index contributed by atoms with van der Waals surface area (Å²) in [4.78, 5) is 22.2. The zero-order chi connectivity index (χ0) is 14.7. The lowest BCUT2D eigenvalue weighted by Crippen LogP contribution is -2.32. The van der Waals surface area contributed by atoms with Crippen molar-refractivity contribution in [2.75, 3.05) is 13.2 Å². The van der Waals surface area contributed by atoms with Gasteiger partial charge in [-0.1, -0.05) is 18.2 Å². The molecule has 0 aromatic carbocycles. The van der Waals surface area contributed by atoms with Crippen LogP contribution in [0.25, 0.3) is 0 Å². The molecule has 0 atom stereocenters. The first kappa shape index (κ1) is 17.2. The van der Waals surface area contributed by atoms with Gasteiger partial charge < -0.3 is 14.8 Å². The van der Waals surface area contributed by atoms with Gasteiger partial charge in [0.15, 0.2) is 0 Å². The Kier molecular flexibility index (Phi) is 8.33. The van der Waals surface area contributed by atoms with E-state index in [1.165, 1.54) is 6.08 Å². The molecule has 1 N–H and O–H groups in total. The highest BCUT2D eigenvalue weighted by Crippen LogP contribution is 2.06. The Hall–Kier alpha value is -1.78. The summed E-state index contributed by atoms with van der Waals surface area (Å²) in [7, 11) is 0. The molecule has 0 bridgehead atoms. The van der Waals surface area contributed by atoms with Crippen LogP contribution in [0.3, 0.4) is 0 Å². The highest BCUT2D eigenvalue weighted by molar-refractivity contribution is 5.82. The number of amides is 1. The van der Waals surface area contributed by atoms with Crippen LogP contribution < -0.4 is 5.32 Å². The second kappa shape index (κ2) is 9.19. The summed E-state index contributed by atoms with van der Waals surface area (Å²) in [6.45, 7) is 8.04. The van der Waals surface area contributed by atoms with E-state index in [-0.39, 0.29) is 5.97 Å². The fourth-order valence-electron chi connectivity index (χ4n) is 1.07. The molecule has 0 rings (SSSR count). The molecule has 5 heteroatoms. The van der Waals surface area contributed by atoms with Crippen molar-refractivity contribution in [2.24, 2.45) is 0 Å². The van der Waals surface area contributed by atoms with Crippen molar-refractivity contribution >= 4 is 12.1 Å². The van der Waals surface area contributed by atoms with Gasteiger partial charge in [0.1, 0.15) is 5.60 Å². The largest absolute Gasteiger partial charge is 0.463 e. The molecule has 0 aliphatic rings. The first-order valence-corrected chi connectivity index (χ1v) is 6.32. The van der Waals surface area contributed by atoms with Crippen LogP contribution in [0.1, 0.15) is 34.1 Å². The lowest BCUT2D eigenvalue weighted by atomic mass is 10.2. The third-order valence-electron chi connectivity index (χ3n) is 1.75. The van der Waals surface area contributed by atoms with E-state index in [2.05, 4.69) is 5.32 Å². The average molecular weight is 269 g/mol. The number of carbonyl (C=O) groups excluding carboxylic acids is 2. The zero-order valence-electron chi connectivity index (χ0n) is 12.1. The summed E-state index contributed by atoms with van der Waals surface area (Å²) in [5, 5.41) is 2.63. The SMILES string of the molecule is CCOC(=O)C=CC=CCCNC(=O)OC(C)(C)C. The van der Waals surface area contributed by atoms with Gasteiger partial charge in [0, 0.05) is 12.6 Å². The number of alkyl carbamates (subject to hydrolysis) is 1. The lowest BCUT2D eigenvalue weighted by Gasteiger charge is -2.19. The number of ether oxygens (including phenoxy) is 2. The number of allylic oxidation sites excluding steroid dienone is 2. The minimum Gasteiger partial charge on any atom is -0.463 e. The Labute approximate surface area is 114 Å². The van der Waals surface area contributed by atoms with Crippen LogP contribution in [0, 0.1) is 0 Å². The molecular formula is C14H23NO4. The van der Waals surface area contributed by atoms with Crippen molar-refractivity contribution in [3.8, 4) is 0 Å². The number of carbonyl (C=O) groups is 2. The maximum absolute atomic E-state index is 11.3. The molecule has 0 radical (unpaired) electrons. The van der Waals surface area contributed by atoms with Gasteiger partial charge in [-0.15, -0.1) is 0 Å². The van der Waals surface area contributed by atoms with Gasteiger partial charge in [0.05, 0.1) is 6.61 Å². The summed E-state index contributed by atoms with van der Waals surface area (Å²) in [5.74, 6) is -0.362. The molecule has 0 saturated heterocycles. The number of nitrogens with one attached hydrogen (secondary N) is 1. The Bertz CT molecular complexity index is 340.